The van der Waals surface area contributed by atoms with E-state index in [1.54, 1.807) is 0 Å². The van der Waals surface area contributed by atoms with Crippen LogP contribution in [0.3, 0.4) is 0 Å². The molecule has 1 atom stereocenters. The monoisotopic (exact) mass is 383 g/mol. The van der Waals surface area contributed by atoms with E-state index in [4.69, 9.17) is 5.11 Å². The third kappa shape index (κ3) is 4.11. The lowest BCUT2D eigenvalue weighted by atomic mass is 9.87. The highest BCUT2D eigenvalue weighted by Gasteiger charge is 2.35. The number of hydrogen-bond acceptors (Lipinski definition) is 3. The van der Waals surface area contributed by atoms with Gasteiger partial charge in [-0.25, -0.2) is 4.68 Å². The molecule has 0 saturated heterocycles. The minimum Gasteiger partial charge on any atom is -0.481 e. The summed E-state index contributed by atoms with van der Waals surface area (Å²) >= 11 is 0. The van der Waals surface area contributed by atoms with Crippen molar-refractivity contribution in [2.45, 2.75) is 65.8 Å². The van der Waals surface area contributed by atoms with E-state index in [0.29, 0.717) is 12.0 Å². The maximum absolute atomic E-state index is 12.6. The standard InChI is InChI=1S/C22H29N3O3/c1-14-18(11-12-20(26)27)15(2)25(24-14)17-9-7-16(8-10-17)21(28)23-19-6-5-13-22(19,3)4/h7-10,19H,5-6,11-13H2,1-4H3,(H,23,28)(H,26,27). The molecule has 1 aromatic heterocycles. The van der Waals surface area contributed by atoms with Crippen LogP contribution in [0, 0.1) is 19.3 Å². The number of carbonyl (C=O) groups excluding carboxylic acids is 1. The predicted octanol–water partition coefficient (Wildman–Crippen LogP) is 3.81. The number of amides is 1. The molecule has 0 spiro atoms. The molecule has 0 aliphatic heterocycles. The van der Waals surface area contributed by atoms with E-state index in [-0.39, 0.29) is 23.8 Å². The van der Waals surface area contributed by atoms with Gasteiger partial charge < -0.3 is 10.4 Å². The first-order valence-corrected chi connectivity index (χ1v) is 9.87. The molecule has 2 N–H and O–H groups in total. The second kappa shape index (κ2) is 7.78. The third-order valence-corrected chi connectivity index (χ3v) is 5.97. The molecule has 1 heterocycles. The number of nitrogens with one attached hydrogen (secondary N) is 1. The number of carboxylic acid groups (broad SMARTS) is 1. The zero-order valence-electron chi connectivity index (χ0n) is 17.1. The fraction of sp³-hybridized carbons (Fsp3) is 0.500. The van der Waals surface area contributed by atoms with Crippen LogP contribution in [-0.4, -0.2) is 32.8 Å². The van der Waals surface area contributed by atoms with Gasteiger partial charge in [-0.3, -0.25) is 9.59 Å². The molecule has 1 saturated carbocycles. The zero-order chi connectivity index (χ0) is 20.5. The Morgan fingerprint density at radius 3 is 2.50 bits per heavy atom. The minimum absolute atomic E-state index is 0.0398. The molecule has 1 unspecified atom stereocenters. The molecule has 28 heavy (non-hydrogen) atoms. The Morgan fingerprint density at radius 1 is 1.25 bits per heavy atom. The van der Waals surface area contributed by atoms with Crippen molar-refractivity contribution >= 4 is 11.9 Å². The van der Waals surface area contributed by atoms with Crippen LogP contribution in [-0.2, 0) is 11.2 Å². The molecular weight excluding hydrogens is 354 g/mol. The number of carbonyl (C=O) groups is 2. The predicted molar refractivity (Wildman–Crippen MR) is 108 cm³/mol. The van der Waals surface area contributed by atoms with Gasteiger partial charge in [-0.1, -0.05) is 20.3 Å². The number of carboxylic acids is 1. The van der Waals surface area contributed by atoms with Gasteiger partial charge in [-0.2, -0.15) is 5.10 Å². The smallest absolute Gasteiger partial charge is 0.303 e. The van der Waals surface area contributed by atoms with Gasteiger partial charge in [0.1, 0.15) is 0 Å². The second-order valence-electron chi connectivity index (χ2n) is 8.41. The number of aryl methyl sites for hydroxylation is 1. The number of nitrogens with zero attached hydrogens (tertiary/aromatic N) is 2. The Kier molecular flexibility index (Phi) is 5.59. The quantitative estimate of drug-likeness (QED) is 0.794. The maximum Gasteiger partial charge on any atom is 0.303 e. The molecular formula is C22H29N3O3. The van der Waals surface area contributed by atoms with Crippen molar-refractivity contribution in [2.75, 3.05) is 0 Å². The molecule has 1 aliphatic carbocycles. The summed E-state index contributed by atoms with van der Waals surface area (Å²) in [5, 5.41) is 16.7. The van der Waals surface area contributed by atoms with Gasteiger partial charge in [0, 0.05) is 23.7 Å². The molecule has 1 amide bonds. The van der Waals surface area contributed by atoms with E-state index in [9.17, 15) is 9.59 Å². The van der Waals surface area contributed by atoms with Crippen molar-refractivity contribution in [3.05, 3.63) is 46.8 Å². The summed E-state index contributed by atoms with van der Waals surface area (Å²) in [6.07, 6.45) is 3.87. The summed E-state index contributed by atoms with van der Waals surface area (Å²) in [7, 11) is 0. The molecule has 6 heteroatoms. The lowest BCUT2D eigenvalue weighted by molar-refractivity contribution is -0.136. The largest absolute Gasteiger partial charge is 0.481 e. The number of benzene rings is 1. The van der Waals surface area contributed by atoms with Crippen LogP contribution in [0.15, 0.2) is 24.3 Å². The van der Waals surface area contributed by atoms with E-state index >= 15 is 0 Å². The molecule has 0 bridgehead atoms. The molecule has 1 fully saturated rings. The van der Waals surface area contributed by atoms with Crippen LogP contribution in [0.5, 0.6) is 0 Å². The Morgan fingerprint density at radius 2 is 1.93 bits per heavy atom. The van der Waals surface area contributed by atoms with Crippen LogP contribution in [0.25, 0.3) is 5.69 Å². The first kappa shape index (κ1) is 20.1. The zero-order valence-corrected chi connectivity index (χ0v) is 17.1. The van der Waals surface area contributed by atoms with E-state index < -0.39 is 5.97 Å². The summed E-state index contributed by atoms with van der Waals surface area (Å²) in [4.78, 5) is 23.5. The minimum atomic E-state index is -0.813. The summed E-state index contributed by atoms with van der Waals surface area (Å²) < 4.78 is 1.81. The Balaban J connectivity index is 1.75. The normalized spacial score (nSPS) is 18.2. The van der Waals surface area contributed by atoms with Crippen LogP contribution in [0.4, 0.5) is 0 Å². The van der Waals surface area contributed by atoms with Gasteiger partial charge in [0.2, 0.25) is 0 Å². The fourth-order valence-corrected chi connectivity index (χ4v) is 4.11. The van der Waals surface area contributed by atoms with Crippen LogP contribution in [0.2, 0.25) is 0 Å². The molecule has 3 rings (SSSR count). The lowest BCUT2D eigenvalue weighted by Gasteiger charge is -2.27. The van der Waals surface area contributed by atoms with Gasteiger partial charge >= 0.3 is 5.97 Å². The van der Waals surface area contributed by atoms with Gasteiger partial charge in [-0.15, -0.1) is 0 Å². The Labute approximate surface area is 166 Å². The summed E-state index contributed by atoms with van der Waals surface area (Å²) in [6, 6.07) is 7.62. The fourth-order valence-electron chi connectivity index (χ4n) is 4.11. The first-order valence-electron chi connectivity index (χ1n) is 9.87. The Bertz CT molecular complexity index is 881. The molecule has 150 valence electrons. The highest BCUT2D eigenvalue weighted by molar-refractivity contribution is 5.94. The van der Waals surface area contributed by atoms with Crippen LogP contribution >= 0.6 is 0 Å². The van der Waals surface area contributed by atoms with Crippen molar-refractivity contribution in [3.8, 4) is 5.69 Å². The van der Waals surface area contributed by atoms with E-state index in [0.717, 1.165) is 41.9 Å². The molecule has 2 aromatic rings. The highest BCUT2D eigenvalue weighted by Crippen LogP contribution is 2.37. The van der Waals surface area contributed by atoms with Crippen molar-refractivity contribution in [3.63, 3.8) is 0 Å². The van der Waals surface area contributed by atoms with Crippen molar-refractivity contribution in [1.29, 1.82) is 0 Å². The number of aromatic nitrogens is 2. The lowest BCUT2D eigenvalue weighted by Crippen LogP contribution is -2.41. The number of rotatable bonds is 6. The van der Waals surface area contributed by atoms with E-state index in [1.807, 2.05) is 42.8 Å². The van der Waals surface area contributed by atoms with Gasteiger partial charge in [0.25, 0.3) is 5.91 Å². The molecule has 1 aliphatic rings. The average molecular weight is 383 g/mol. The van der Waals surface area contributed by atoms with Gasteiger partial charge in [0.15, 0.2) is 0 Å². The summed E-state index contributed by atoms with van der Waals surface area (Å²) in [6.45, 7) is 8.25. The molecule has 1 aromatic carbocycles. The summed E-state index contributed by atoms with van der Waals surface area (Å²) in [5.74, 6) is -0.852. The second-order valence-corrected chi connectivity index (χ2v) is 8.41. The average Bonchev–Trinajstić information content (AvgIpc) is 3.11. The topological polar surface area (TPSA) is 84.2 Å². The summed E-state index contributed by atoms with van der Waals surface area (Å²) in [5.41, 5.74) is 4.38. The maximum atomic E-state index is 12.6. The third-order valence-electron chi connectivity index (χ3n) is 5.97. The van der Waals surface area contributed by atoms with Crippen molar-refractivity contribution in [2.24, 2.45) is 5.41 Å². The van der Waals surface area contributed by atoms with Crippen molar-refractivity contribution in [1.82, 2.24) is 15.1 Å². The SMILES string of the molecule is Cc1nn(-c2ccc(C(=O)NC3CCCC3(C)C)cc2)c(C)c1CCC(=O)O. The Hall–Kier alpha value is -2.63. The van der Waals surface area contributed by atoms with E-state index in [2.05, 4.69) is 24.3 Å². The molecule has 6 nitrogen and oxygen atoms in total. The van der Waals surface area contributed by atoms with Gasteiger partial charge in [-0.05, 0) is 68.4 Å². The number of hydrogen-bond donors (Lipinski definition) is 2. The highest BCUT2D eigenvalue weighted by atomic mass is 16.4. The van der Waals surface area contributed by atoms with Crippen molar-refractivity contribution < 1.29 is 14.7 Å². The van der Waals surface area contributed by atoms with Crippen LogP contribution in [0.1, 0.15) is 66.8 Å². The molecule has 0 radical (unpaired) electrons. The van der Waals surface area contributed by atoms with Gasteiger partial charge in [0.05, 0.1) is 11.4 Å². The van der Waals surface area contributed by atoms with Crippen LogP contribution < -0.4 is 5.32 Å². The number of aliphatic carboxylic acids is 1. The van der Waals surface area contributed by atoms with E-state index in [1.165, 1.54) is 0 Å². The first-order chi connectivity index (χ1) is 13.2.